The number of piperidine rings is 1. The van der Waals surface area contributed by atoms with Crippen molar-refractivity contribution < 1.29 is 14.6 Å². The summed E-state index contributed by atoms with van der Waals surface area (Å²) in [5.41, 5.74) is 1.83. The summed E-state index contributed by atoms with van der Waals surface area (Å²) < 4.78 is 5.43. The first kappa shape index (κ1) is 19.2. The number of aliphatic carboxylic acids is 1. The first-order chi connectivity index (χ1) is 13.6. The van der Waals surface area contributed by atoms with Gasteiger partial charge in [-0.15, -0.1) is 0 Å². The molecule has 0 unspecified atom stereocenters. The van der Waals surface area contributed by atoms with Crippen LogP contribution in [0, 0.1) is 11.8 Å². The zero-order chi connectivity index (χ0) is 19.5. The van der Waals surface area contributed by atoms with Crippen molar-refractivity contribution in [3.05, 3.63) is 24.0 Å². The van der Waals surface area contributed by atoms with Crippen LogP contribution < -0.4 is 4.74 Å². The number of aromatic nitrogens is 2. The lowest BCUT2D eigenvalue weighted by Gasteiger charge is -2.43. The number of hydrogen-bond donors (Lipinski definition) is 2. The number of hydrogen-bond acceptors (Lipinski definition) is 4. The van der Waals surface area contributed by atoms with E-state index in [-0.39, 0.29) is 12.3 Å². The Kier molecular flexibility index (Phi) is 5.85. The van der Waals surface area contributed by atoms with Gasteiger partial charge in [-0.25, -0.2) is 4.98 Å². The van der Waals surface area contributed by atoms with Gasteiger partial charge in [0.1, 0.15) is 17.1 Å². The van der Waals surface area contributed by atoms with Crippen molar-refractivity contribution in [1.29, 1.82) is 0 Å². The minimum Gasteiger partial charge on any atom is -0.494 e. The Morgan fingerprint density at radius 2 is 2.07 bits per heavy atom. The molecule has 1 aromatic heterocycles. The summed E-state index contributed by atoms with van der Waals surface area (Å²) in [5, 5.41) is 9.39. The molecule has 0 bridgehead atoms. The monoisotopic (exact) mass is 385 g/mol. The summed E-state index contributed by atoms with van der Waals surface area (Å²) in [6, 6.07) is 6.57. The largest absolute Gasteiger partial charge is 0.494 e. The molecule has 2 aromatic rings. The maximum atomic E-state index is 11.4. The molecule has 2 N–H and O–H groups in total. The maximum absolute atomic E-state index is 11.4. The smallest absolute Gasteiger partial charge is 0.303 e. The molecule has 2 fully saturated rings. The number of benzene rings is 1. The SMILES string of the molecule is COc1cccc2[nH]c(C[C@H]3CN(C4CCCCC4)CC[C@H]3CC(=O)O)nc12. The van der Waals surface area contributed by atoms with Crippen LogP contribution in [0.1, 0.15) is 50.8 Å². The first-order valence-corrected chi connectivity index (χ1v) is 10.6. The van der Waals surface area contributed by atoms with Crippen molar-refractivity contribution in [3.8, 4) is 5.75 Å². The van der Waals surface area contributed by atoms with E-state index in [2.05, 4.69) is 9.88 Å². The van der Waals surface area contributed by atoms with Gasteiger partial charge in [-0.05, 0) is 49.8 Å². The van der Waals surface area contributed by atoms with E-state index in [0.717, 1.165) is 48.5 Å². The summed E-state index contributed by atoms with van der Waals surface area (Å²) >= 11 is 0. The third-order valence-corrected chi connectivity index (χ3v) is 6.65. The van der Waals surface area contributed by atoms with Gasteiger partial charge in [0, 0.05) is 25.4 Å². The van der Waals surface area contributed by atoms with E-state index in [1.54, 1.807) is 7.11 Å². The molecular formula is C22H31N3O3. The quantitative estimate of drug-likeness (QED) is 0.789. The topological polar surface area (TPSA) is 78.5 Å². The number of para-hydroxylation sites is 1. The normalized spacial score (nSPS) is 24.5. The van der Waals surface area contributed by atoms with Crippen LogP contribution in [-0.4, -0.2) is 52.2 Å². The maximum Gasteiger partial charge on any atom is 0.303 e. The van der Waals surface area contributed by atoms with Crippen LogP contribution in [0.4, 0.5) is 0 Å². The lowest BCUT2D eigenvalue weighted by atomic mass is 9.79. The van der Waals surface area contributed by atoms with Gasteiger partial charge >= 0.3 is 5.97 Å². The molecule has 0 spiro atoms. The van der Waals surface area contributed by atoms with Crippen LogP contribution in [0.2, 0.25) is 0 Å². The van der Waals surface area contributed by atoms with Gasteiger partial charge in [-0.2, -0.15) is 0 Å². The molecule has 2 heterocycles. The number of nitrogens with zero attached hydrogens (tertiary/aromatic N) is 2. The fourth-order valence-corrected chi connectivity index (χ4v) is 5.18. The highest BCUT2D eigenvalue weighted by Gasteiger charge is 2.34. The number of carboxylic acids is 1. The Bertz CT molecular complexity index is 812. The molecule has 0 radical (unpaired) electrons. The van der Waals surface area contributed by atoms with Gasteiger partial charge in [-0.3, -0.25) is 4.79 Å². The number of fused-ring (bicyclic) bond motifs is 1. The predicted molar refractivity (Wildman–Crippen MR) is 109 cm³/mol. The van der Waals surface area contributed by atoms with E-state index in [0.29, 0.717) is 12.0 Å². The second-order valence-corrected chi connectivity index (χ2v) is 8.44. The van der Waals surface area contributed by atoms with Crippen molar-refractivity contribution in [1.82, 2.24) is 14.9 Å². The fraction of sp³-hybridized carbons (Fsp3) is 0.636. The van der Waals surface area contributed by atoms with Gasteiger partial charge in [0.05, 0.1) is 12.6 Å². The second-order valence-electron chi connectivity index (χ2n) is 8.44. The summed E-state index contributed by atoms with van der Waals surface area (Å²) in [7, 11) is 1.66. The van der Waals surface area contributed by atoms with E-state index < -0.39 is 5.97 Å². The predicted octanol–water partition coefficient (Wildman–Crippen LogP) is 3.86. The van der Waals surface area contributed by atoms with Gasteiger partial charge < -0.3 is 19.7 Å². The van der Waals surface area contributed by atoms with E-state index in [1.165, 1.54) is 32.1 Å². The van der Waals surface area contributed by atoms with Crippen LogP contribution >= 0.6 is 0 Å². The Morgan fingerprint density at radius 3 is 2.82 bits per heavy atom. The molecule has 1 saturated carbocycles. The Morgan fingerprint density at radius 1 is 1.25 bits per heavy atom. The van der Waals surface area contributed by atoms with Crippen LogP contribution in [0.25, 0.3) is 11.0 Å². The zero-order valence-electron chi connectivity index (χ0n) is 16.7. The first-order valence-electron chi connectivity index (χ1n) is 10.6. The van der Waals surface area contributed by atoms with Gasteiger partial charge in [0.15, 0.2) is 0 Å². The number of carboxylic acid groups (broad SMARTS) is 1. The van der Waals surface area contributed by atoms with Crippen LogP contribution in [-0.2, 0) is 11.2 Å². The number of ether oxygens (including phenoxy) is 1. The molecule has 1 saturated heterocycles. The van der Waals surface area contributed by atoms with E-state index >= 15 is 0 Å². The molecule has 1 aliphatic carbocycles. The Labute approximate surface area is 166 Å². The molecule has 6 nitrogen and oxygen atoms in total. The van der Waals surface area contributed by atoms with E-state index in [1.807, 2.05) is 18.2 Å². The Balaban J connectivity index is 1.53. The van der Waals surface area contributed by atoms with Crippen molar-refractivity contribution in [3.63, 3.8) is 0 Å². The van der Waals surface area contributed by atoms with Crippen molar-refractivity contribution in [2.45, 2.75) is 57.4 Å². The number of imidazole rings is 1. The van der Waals surface area contributed by atoms with Crippen molar-refractivity contribution in [2.24, 2.45) is 11.8 Å². The van der Waals surface area contributed by atoms with Crippen molar-refractivity contribution in [2.75, 3.05) is 20.2 Å². The average Bonchev–Trinajstić information content (AvgIpc) is 3.12. The molecule has 4 rings (SSSR count). The van der Waals surface area contributed by atoms with Gasteiger partial charge in [0.2, 0.25) is 0 Å². The highest BCUT2D eigenvalue weighted by Crippen LogP contribution is 2.34. The molecule has 2 atom stereocenters. The van der Waals surface area contributed by atoms with Crippen LogP contribution in [0.3, 0.4) is 0 Å². The summed E-state index contributed by atoms with van der Waals surface area (Å²) in [4.78, 5) is 22.3. The summed E-state index contributed by atoms with van der Waals surface area (Å²) in [6.45, 7) is 2.02. The van der Waals surface area contributed by atoms with Crippen molar-refractivity contribution >= 4 is 17.0 Å². The molecule has 2 aliphatic rings. The third kappa shape index (κ3) is 4.17. The number of carbonyl (C=O) groups is 1. The third-order valence-electron chi connectivity index (χ3n) is 6.65. The minimum absolute atomic E-state index is 0.215. The molecule has 1 aliphatic heterocycles. The number of methoxy groups -OCH3 is 1. The van der Waals surface area contributed by atoms with Gasteiger partial charge in [0.25, 0.3) is 0 Å². The van der Waals surface area contributed by atoms with Crippen LogP contribution in [0.5, 0.6) is 5.75 Å². The number of rotatable bonds is 6. The lowest BCUT2D eigenvalue weighted by Crippen LogP contribution is -2.47. The summed E-state index contributed by atoms with van der Waals surface area (Å²) in [6.07, 6.45) is 8.61. The Hall–Kier alpha value is -2.08. The number of H-pyrrole nitrogens is 1. The highest BCUT2D eigenvalue weighted by molar-refractivity contribution is 5.81. The number of likely N-dealkylation sites (tertiary alicyclic amines) is 1. The highest BCUT2D eigenvalue weighted by atomic mass is 16.5. The average molecular weight is 386 g/mol. The van der Waals surface area contributed by atoms with Gasteiger partial charge in [-0.1, -0.05) is 25.3 Å². The second kappa shape index (κ2) is 8.52. The van der Waals surface area contributed by atoms with E-state index in [4.69, 9.17) is 9.72 Å². The molecule has 152 valence electrons. The summed E-state index contributed by atoms with van der Waals surface area (Å²) in [5.74, 6) is 1.55. The molecule has 28 heavy (non-hydrogen) atoms. The zero-order valence-corrected chi connectivity index (χ0v) is 16.7. The fourth-order valence-electron chi connectivity index (χ4n) is 5.18. The molecule has 1 aromatic carbocycles. The van der Waals surface area contributed by atoms with Crippen LogP contribution in [0.15, 0.2) is 18.2 Å². The molecule has 0 amide bonds. The standard InChI is InChI=1S/C22H31N3O3/c1-28-19-9-5-8-18-22(19)24-20(23-18)12-16-14-25(17-6-3-2-4-7-17)11-10-15(16)13-21(26)27/h5,8-9,15-17H,2-4,6-7,10-14H2,1H3,(H,23,24)(H,26,27)/t15-,16-/m0/s1. The molecular weight excluding hydrogens is 354 g/mol. The molecule has 6 heteroatoms. The number of aromatic amines is 1. The number of nitrogens with one attached hydrogen (secondary N) is 1. The lowest BCUT2D eigenvalue weighted by molar-refractivity contribution is -0.139. The van der Waals surface area contributed by atoms with E-state index in [9.17, 15) is 9.90 Å². The minimum atomic E-state index is -0.688.